The zero-order valence-electron chi connectivity index (χ0n) is 12.7. The summed E-state index contributed by atoms with van der Waals surface area (Å²) in [6.45, 7) is 1.15. The van der Waals surface area contributed by atoms with Crippen LogP contribution in [0.1, 0.15) is 24.9 Å². The Morgan fingerprint density at radius 3 is 2.13 bits per heavy atom. The molecule has 2 atom stereocenters. The van der Waals surface area contributed by atoms with Gasteiger partial charge in [-0.25, -0.2) is 4.79 Å². The van der Waals surface area contributed by atoms with Crippen LogP contribution in [0.2, 0.25) is 0 Å². The Morgan fingerprint density at radius 2 is 1.70 bits per heavy atom. The lowest BCUT2D eigenvalue weighted by atomic mass is 10.0. The predicted octanol–water partition coefficient (Wildman–Crippen LogP) is 0.250. The average molecular weight is 322 g/mol. The summed E-state index contributed by atoms with van der Waals surface area (Å²) in [5.41, 5.74) is 0.368. The first-order valence-electron chi connectivity index (χ1n) is 6.77. The minimum Gasteiger partial charge on any atom is -0.481 e. The van der Waals surface area contributed by atoms with Gasteiger partial charge >= 0.3 is 11.9 Å². The molecule has 0 radical (unpaired) electrons. The van der Waals surface area contributed by atoms with Crippen LogP contribution >= 0.6 is 0 Å². The molecule has 0 bridgehead atoms. The molecule has 0 spiro atoms. The zero-order chi connectivity index (χ0) is 17.6. The van der Waals surface area contributed by atoms with E-state index >= 15 is 0 Å². The fourth-order valence-electron chi connectivity index (χ4n) is 2.16. The molecule has 23 heavy (non-hydrogen) atoms. The van der Waals surface area contributed by atoms with Crippen LogP contribution in [0.3, 0.4) is 0 Å². The van der Waals surface area contributed by atoms with Crippen molar-refractivity contribution < 1.29 is 29.4 Å². The molecule has 2 amide bonds. The van der Waals surface area contributed by atoms with E-state index in [4.69, 9.17) is 5.11 Å². The van der Waals surface area contributed by atoms with Gasteiger partial charge in [0, 0.05) is 14.0 Å². The van der Waals surface area contributed by atoms with Crippen LogP contribution < -0.4 is 5.32 Å². The molecule has 0 saturated heterocycles. The zero-order valence-corrected chi connectivity index (χ0v) is 12.7. The van der Waals surface area contributed by atoms with Crippen LogP contribution in [0.15, 0.2) is 30.3 Å². The van der Waals surface area contributed by atoms with Gasteiger partial charge in [0.25, 0.3) is 0 Å². The lowest BCUT2D eigenvalue weighted by molar-refractivity contribution is -0.151. The van der Waals surface area contributed by atoms with E-state index in [-0.39, 0.29) is 0 Å². The number of carbonyl (C=O) groups excluding carboxylic acids is 2. The Bertz CT molecular complexity index is 585. The maximum atomic E-state index is 12.4. The molecule has 3 N–H and O–H groups in total. The first-order chi connectivity index (χ1) is 10.7. The Balaban J connectivity index is 3.07. The quantitative estimate of drug-likeness (QED) is 0.661. The lowest BCUT2D eigenvalue weighted by Gasteiger charge is -2.28. The third-order valence-electron chi connectivity index (χ3n) is 3.14. The summed E-state index contributed by atoms with van der Waals surface area (Å²) in [6, 6.07) is 5.45. The average Bonchev–Trinajstić information content (AvgIpc) is 2.45. The highest BCUT2D eigenvalue weighted by Gasteiger charge is 2.33. The smallest absolute Gasteiger partial charge is 0.331 e. The number of rotatable bonds is 7. The lowest BCUT2D eigenvalue weighted by Crippen LogP contribution is -2.49. The van der Waals surface area contributed by atoms with Gasteiger partial charge in [-0.3, -0.25) is 14.4 Å². The summed E-state index contributed by atoms with van der Waals surface area (Å²) in [5.74, 6) is -3.91. The molecule has 0 fully saturated rings. The molecule has 0 saturated carbocycles. The van der Waals surface area contributed by atoms with Crippen LogP contribution in [0, 0.1) is 0 Å². The predicted molar refractivity (Wildman–Crippen MR) is 79.4 cm³/mol. The maximum Gasteiger partial charge on any atom is 0.331 e. The summed E-state index contributed by atoms with van der Waals surface area (Å²) in [5, 5.41) is 20.5. The number of likely N-dealkylation sites (N-methyl/N-ethyl adjacent to an activating group) is 1. The molecule has 1 rings (SSSR count). The van der Waals surface area contributed by atoms with Crippen molar-refractivity contribution in [2.24, 2.45) is 0 Å². The van der Waals surface area contributed by atoms with Crippen molar-refractivity contribution in [2.75, 3.05) is 7.05 Å². The minimum absolute atomic E-state index is 0.368. The van der Waals surface area contributed by atoms with E-state index in [0.29, 0.717) is 5.56 Å². The molecular weight excluding hydrogens is 304 g/mol. The summed E-state index contributed by atoms with van der Waals surface area (Å²) in [6.07, 6.45) is -0.635. The van der Waals surface area contributed by atoms with Crippen molar-refractivity contribution in [1.29, 1.82) is 0 Å². The number of carboxylic acid groups (broad SMARTS) is 2. The first kappa shape index (κ1) is 18.1. The van der Waals surface area contributed by atoms with Gasteiger partial charge in [0.2, 0.25) is 11.8 Å². The second-order valence-electron chi connectivity index (χ2n) is 4.95. The number of carbonyl (C=O) groups is 4. The first-order valence-corrected chi connectivity index (χ1v) is 6.77. The van der Waals surface area contributed by atoms with E-state index in [1.807, 2.05) is 0 Å². The van der Waals surface area contributed by atoms with E-state index in [1.165, 1.54) is 7.05 Å². The molecule has 0 aliphatic heterocycles. The third kappa shape index (κ3) is 5.10. The summed E-state index contributed by atoms with van der Waals surface area (Å²) in [7, 11) is 1.25. The van der Waals surface area contributed by atoms with Crippen molar-refractivity contribution in [3.05, 3.63) is 35.9 Å². The van der Waals surface area contributed by atoms with E-state index in [2.05, 4.69) is 5.32 Å². The van der Waals surface area contributed by atoms with Crippen molar-refractivity contribution in [1.82, 2.24) is 10.2 Å². The number of hydrogen-bond donors (Lipinski definition) is 3. The molecule has 8 nitrogen and oxygen atoms in total. The fraction of sp³-hybridized carbons (Fsp3) is 0.333. The summed E-state index contributed by atoms with van der Waals surface area (Å²) in [4.78, 5) is 46.9. The Kier molecular flexibility index (Phi) is 6.25. The number of aliphatic carboxylic acids is 2. The number of amides is 2. The van der Waals surface area contributed by atoms with Crippen molar-refractivity contribution in [2.45, 2.75) is 25.4 Å². The van der Waals surface area contributed by atoms with Gasteiger partial charge in [-0.1, -0.05) is 30.3 Å². The van der Waals surface area contributed by atoms with Gasteiger partial charge in [0.15, 0.2) is 6.04 Å². The summed E-state index contributed by atoms with van der Waals surface area (Å²) >= 11 is 0. The van der Waals surface area contributed by atoms with Gasteiger partial charge in [-0.05, 0) is 5.56 Å². The van der Waals surface area contributed by atoms with Crippen LogP contribution in [-0.4, -0.2) is 52.0 Å². The highest BCUT2D eigenvalue weighted by Crippen LogP contribution is 2.20. The number of benzene rings is 1. The second kappa shape index (κ2) is 7.92. The molecule has 1 aromatic carbocycles. The Labute approximate surface area is 132 Å². The number of hydrogen-bond acceptors (Lipinski definition) is 4. The maximum absolute atomic E-state index is 12.4. The third-order valence-corrected chi connectivity index (χ3v) is 3.14. The monoisotopic (exact) mass is 322 g/mol. The normalized spacial score (nSPS) is 12.8. The largest absolute Gasteiger partial charge is 0.481 e. The van der Waals surface area contributed by atoms with Gasteiger partial charge < -0.3 is 20.4 Å². The van der Waals surface area contributed by atoms with E-state index in [1.54, 1.807) is 30.3 Å². The van der Waals surface area contributed by atoms with Gasteiger partial charge in [-0.15, -0.1) is 0 Å². The van der Waals surface area contributed by atoms with E-state index in [9.17, 15) is 24.3 Å². The number of carboxylic acids is 2. The molecule has 0 aliphatic carbocycles. The van der Waals surface area contributed by atoms with E-state index < -0.39 is 42.3 Å². The Hall–Kier alpha value is -2.90. The molecule has 0 heterocycles. The van der Waals surface area contributed by atoms with Crippen LogP contribution in [-0.2, 0) is 19.2 Å². The molecule has 0 aromatic heterocycles. The highest BCUT2D eigenvalue weighted by atomic mass is 16.4. The summed E-state index contributed by atoms with van der Waals surface area (Å²) < 4.78 is 0. The van der Waals surface area contributed by atoms with Crippen molar-refractivity contribution in [3.8, 4) is 0 Å². The molecule has 8 heteroatoms. The Morgan fingerprint density at radius 1 is 1.13 bits per heavy atom. The topological polar surface area (TPSA) is 124 Å². The standard InChI is InChI=1S/C15H18N2O6/c1-9(18)16-11(8-12(19)20)14(21)17(2)13(15(22)23)10-6-4-3-5-7-10/h3-7,11,13H,8H2,1-2H3,(H,16,18)(H,19,20)(H,22,23)/t11-,13-/m0/s1. The van der Waals surface area contributed by atoms with Crippen LogP contribution in [0.4, 0.5) is 0 Å². The highest BCUT2D eigenvalue weighted by molar-refractivity contribution is 5.92. The molecule has 1 aromatic rings. The van der Waals surface area contributed by atoms with Gasteiger partial charge in [-0.2, -0.15) is 0 Å². The molecular formula is C15H18N2O6. The van der Waals surface area contributed by atoms with E-state index in [0.717, 1.165) is 11.8 Å². The van der Waals surface area contributed by atoms with Gasteiger partial charge in [0.05, 0.1) is 6.42 Å². The second-order valence-corrected chi connectivity index (χ2v) is 4.95. The SMILES string of the molecule is CC(=O)N[C@@H](CC(=O)O)C(=O)N(C)[C@H](C(=O)O)c1ccccc1. The minimum atomic E-state index is -1.33. The van der Waals surface area contributed by atoms with Crippen molar-refractivity contribution in [3.63, 3.8) is 0 Å². The van der Waals surface area contributed by atoms with Crippen LogP contribution in [0.5, 0.6) is 0 Å². The van der Waals surface area contributed by atoms with Crippen LogP contribution in [0.25, 0.3) is 0 Å². The molecule has 0 aliphatic rings. The molecule has 124 valence electrons. The fourth-order valence-corrected chi connectivity index (χ4v) is 2.16. The molecule has 0 unspecified atom stereocenters. The van der Waals surface area contributed by atoms with Crippen molar-refractivity contribution >= 4 is 23.8 Å². The van der Waals surface area contributed by atoms with Gasteiger partial charge in [0.1, 0.15) is 6.04 Å². The number of nitrogens with one attached hydrogen (secondary N) is 1. The number of nitrogens with zero attached hydrogens (tertiary/aromatic N) is 1.